The van der Waals surface area contributed by atoms with Crippen LogP contribution in [0.25, 0.3) is 0 Å². The molecule has 0 radical (unpaired) electrons. The third-order valence-corrected chi connectivity index (χ3v) is 7.41. The van der Waals surface area contributed by atoms with Crippen molar-refractivity contribution in [3.05, 3.63) is 108 Å². The summed E-state index contributed by atoms with van der Waals surface area (Å²) >= 11 is 0. The van der Waals surface area contributed by atoms with Gasteiger partial charge in [0, 0.05) is 6.61 Å². The number of rotatable bonds is 18. The number of benzene rings is 3. The molecule has 6 heteroatoms. The van der Waals surface area contributed by atoms with E-state index in [0.717, 1.165) is 29.5 Å². The largest absolute Gasteiger partial charge is 0.394 e. The first-order chi connectivity index (χ1) is 20.3. The normalized spacial score (nSPS) is 22.5. The van der Waals surface area contributed by atoms with Gasteiger partial charge in [0.25, 0.3) is 0 Å². The summed E-state index contributed by atoms with van der Waals surface area (Å²) < 4.78 is 32.2. The fraction of sp³-hybridized carbons (Fsp3) is 0.486. The van der Waals surface area contributed by atoms with E-state index < -0.39 is 30.7 Å². The van der Waals surface area contributed by atoms with Crippen LogP contribution in [0.3, 0.4) is 0 Å². The summed E-state index contributed by atoms with van der Waals surface area (Å²) in [6.07, 6.45) is 4.07. The molecule has 41 heavy (non-hydrogen) atoms. The topological polar surface area (TPSA) is 66.4 Å². The van der Waals surface area contributed by atoms with E-state index in [1.165, 1.54) is 25.7 Å². The van der Waals surface area contributed by atoms with E-state index in [0.29, 0.717) is 26.4 Å². The molecule has 0 aromatic heterocycles. The van der Waals surface area contributed by atoms with Gasteiger partial charge in [0.1, 0.15) is 24.4 Å². The van der Waals surface area contributed by atoms with Gasteiger partial charge < -0.3 is 28.8 Å². The third-order valence-electron chi connectivity index (χ3n) is 7.41. The van der Waals surface area contributed by atoms with E-state index in [9.17, 15) is 5.11 Å². The lowest BCUT2D eigenvalue weighted by atomic mass is 9.98. The van der Waals surface area contributed by atoms with Crippen molar-refractivity contribution in [2.24, 2.45) is 0 Å². The van der Waals surface area contributed by atoms with E-state index >= 15 is 0 Å². The number of hydrogen-bond donors (Lipinski definition) is 1. The van der Waals surface area contributed by atoms with Crippen molar-refractivity contribution in [2.75, 3.05) is 13.2 Å². The lowest BCUT2D eigenvalue weighted by molar-refractivity contribution is -0.326. The average molecular weight is 563 g/mol. The molecule has 1 heterocycles. The molecule has 1 N–H and O–H groups in total. The summed E-state index contributed by atoms with van der Waals surface area (Å²) in [5.74, 6) is 0. The predicted molar refractivity (Wildman–Crippen MR) is 160 cm³/mol. The third kappa shape index (κ3) is 10.3. The van der Waals surface area contributed by atoms with Gasteiger partial charge in [-0.3, -0.25) is 0 Å². The summed E-state index contributed by atoms with van der Waals surface area (Å²) in [5, 5.41) is 10.4. The summed E-state index contributed by atoms with van der Waals surface area (Å²) in [6, 6.07) is 30.1. The Hall–Kier alpha value is -2.58. The zero-order valence-corrected chi connectivity index (χ0v) is 24.3. The average Bonchev–Trinajstić information content (AvgIpc) is 3.03. The highest BCUT2D eigenvalue weighted by Crippen LogP contribution is 2.31. The Labute approximate surface area is 245 Å². The predicted octanol–water partition coefficient (Wildman–Crippen LogP) is 6.84. The molecule has 0 aliphatic carbocycles. The van der Waals surface area contributed by atoms with Gasteiger partial charge >= 0.3 is 0 Å². The molecular formula is C35H46O6. The Morgan fingerprint density at radius 1 is 0.561 bits per heavy atom. The first kappa shape index (κ1) is 31.4. The van der Waals surface area contributed by atoms with Crippen LogP contribution in [-0.2, 0) is 43.5 Å². The molecule has 6 nitrogen and oxygen atoms in total. The minimum Gasteiger partial charge on any atom is -0.394 e. The van der Waals surface area contributed by atoms with Crippen molar-refractivity contribution in [3.63, 3.8) is 0 Å². The molecular weight excluding hydrogens is 516 g/mol. The molecule has 1 fully saturated rings. The van der Waals surface area contributed by atoms with Gasteiger partial charge in [0.2, 0.25) is 0 Å². The van der Waals surface area contributed by atoms with Crippen molar-refractivity contribution in [1.82, 2.24) is 0 Å². The maximum absolute atomic E-state index is 10.4. The minimum absolute atomic E-state index is 0.215. The highest BCUT2D eigenvalue weighted by atomic mass is 16.7. The van der Waals surface area contributed by atoms with Crippen LogP contribution in [0.5, 0.6) is 0 Å². The molecule has 1 saturated heterocycles. The second-order valence-corrected chi connectivity index (χ2v) is 10.6. The summed E-state index contributed by atoms with van der Waals surface area (Å²) in [5.41, 5.74) is 3.14. The first-order valence-corrected chi connectivity index (χ1v) is 15.1. The Morgan fingerprint density at radius 2 is 1.02 bits per heavy atom. The van der Waals surface area contributed by atoms with Gasteiger partial charge in [0.05, 0.1) is 26.4 Å². The molecule has 0 unspecified atom stereocenters. The quantitative estimate of drug-likeness (QED) is 0.171. The van der Waals surface area contributed by atoms with Crippen LogP contribution in [0.4, 0.5) is 0 Å². The van der Waals surface area contributed by atoms with E-state index in [-0.39, 0.29) is 6.61 Å². The zero-order valence-electron chi connectivity index (χ0n) is 24.3. The van der Waals surface area contributed by atoms with Gasteiger partial charge in [-0.05, 0) is 23.1 Å². The van der Waals surface area contributed by atoms with Crippen LogP contribution in [0.1, 0.15) is 62.1 Å². The van der Waals surface area contributed by atoms with E-state index in [4.69, 9.17) is 23.7 Å². The number of unbranched alkanes of at least 4 members (excludes halogenated alkanes) is 5. The smallest absolute Gasteiger partial charge is 0.186 e. The van der Waals surface area contributed by atoms with Crippen molar-refractivity contribution >= 4 is 0 Å². The maximum Gasteiger partial charge on any atom is 0.186 e. The molecule has 0 bridgehead atoms. The number of aliphatic hydroxyl groups excluding tert-OH is 1. The van der Waals surface area contributed by atoms with Gasteiger partial charge in [-0.2, -0.15) is 0 Å². The summed E-state index contributed by atoms with van der Waals surface area (Å²) in [4.78, 5) is 0. The van der Waals surface area contributed by atoms with Gasteiger partial charge in [0.15, 0.2) is 6.29 Å². The maximum atomic E-state index is 10.4. The van der Waals surface area contributed by atoms with Crippen LogP contribution in [0.15, 0.2) is 91.0 Å². The zero-order chi connectivity index (χ0) is 28.5. The molecule has 0 spiro atoms. The van der Waals surface area contributed by atoms with E-state index in [1.807, 2.05) is 91.0 Å². The fourth-order valence-electron chi connectivity index (χ4n) is 5.11. The number of ether oxygens (including phenoxy) is 5. The number of hydrogen-bond acceptors (Lipinski definition) is 6. The van der Waals surface area contributed by atoms with Crippen LogP contribution in [0.2, 0.25) is 0 Å². The molecule has 5 atom stereocenters. The second kappa shape index (κ2) is 18.1. The van der Waals surface area contributed by atoms with Crippen molar-refractivity contribution in [3.8, 4) is 0 Å². The molecule has 0 amide bonds. The molecule has 4 rings (SSSR count). The van der Waals surface area contributed by atoms with Crippen molar-refractivity contribution < 1.29 is 28.8 Å². The minimum atomic E-state index is -0.691. The lowest BCUT2D eigenvalue weighted by Gasteiger charge is -2.45. The summed E-state index contributed by atoms with van der Waals surface area (Å²) in [6.45, 7) is 3.69. The van der Waals surface area contributed by atoms with Crippen molar-refractivity contribution in [2.45, 2.75) is 96.0 Å². The molecule has 3 aromatic carbocycles. The van der Waals surface area contributed by atoms with Gasteiger partial charge in [-0.1, -0.05) is 130 Å². The van der Waals surface area contributed by atoms with Gasteiger partial charge in [-0.15, -0.1) is 0 Å². The van der Waals surface area contributed by atoms with E-state index in [2.05, 4.69) is 6.92 Å². The Morgan fingerprint density at radius 3 is 1.54 bits per heavy atom. The fourth-order valence-corrected chi connectivity index (χ4v) is 5.11. The highest BCUT2D eigenvalue weighted by molar-refractivity contribution is 5.15. The van der Waals surface area contributed by atoms with Crippen LogP contribution in [0, 0.1) is 0 Å². The highest BCUT2D eigenvalue weighted by Gasteiger charge is 2.48. The molecule has 3 aromatic rings. The lowest BCUT2D eigenvalue weighted by Crippen LogP contribution is -2.61. The Kier molecular flexibility index (Phi) is 13.8. The second-order valence-electron chi connectivity index (χ2n) is 10.6. The van der Waals surface area contributed by atoms with Crippen LogP contribution >= 0.6 is 0 Å². The monoisotopic (exact) mass is 562 g/mol. The van der Waals surface area contributed by atoms with Crippen molar-refractivity contribution in [1.29, 1.82) is 0 Å². The SMILES string of the molecule is CCCCCCCCO[C@H]1O[C@H](CO)[C@@H](OCc2ccccc2)[C@H](OCc2ccccc2)[C@@H]1OCc1ccccc1. The summed E-state index contributed by atoms with van der Waals surface area (Å²) in [7, 11) is 0. The van der Waals surface area contributed by atoms with E-state index in [1.54, 1.807) is 0 Å². The van der Waals surface area contributed by atoms with Crippen LogP contribution in [-0.4, -0.2) is 49.0 Å². The molecule has 1 aliphatic heterocycles. The Balaban J connectivity index is 1.52. The van der Waals surface area contributed by atoms with Crippen LogP contribution < -0.4 is 0 Å². The standard InChI is InChI=1S/C35H46O6/c1-2-3-4-5-6-16-23-37-35-34(40-27-30-21-14-9-15-22-30)33(39-26-29-19-12-8-13-20-29)32(31(24-36)41-35)38-25-28-17-10-7-11-18-28/h7-15,17-22,31-36H,2-6,16,23-27H2,1H3/t31-,32-,33+,34+,35+/m1/s1. The molecule has 1 aliphatic rings. The number of aliphatic hydroxyl groups is 1. The molecule has 0 saturated carbocycles. The van der Waals surface area contributed by atoms with Gasteiger partial charge in [-0.25, -0.2) is 0 Å². The Bertz CT molecular complexity index is 1060. The first-order valence-electron chi connectivity index (χ1n) is 15.1. The molecule has 222 valence electrons.